The molecule has 2 aromatic heterocycles. The number of likely N-dealkylation sites (tertiary alicyclic amines) is 1. The molecule has 0 bridgehead atoms. The molecular weight excluding hydrogens is 453 g/mol. The molecule has 2 aliphatic rings. The van der Waals surface area contributed by atoms with Gasteiger partial charge in [-0.05, 0) is 38.3 Å². The summed E-state index contributed by atoms with van der Waals surface area (Å²) in [5, 5.41) is 3.46. The fourth-order valence-electron chi connectivity index (χ4n) is 4.11. The van der Waals surface area contributed by atoms with Gasteiger partial charge < -0.3 is 19.4 Å². The molecular formula is C20H30IN5O. The molecule has 0 aromatic carbocycles. The molecule has 0 aliphatic carbocycles. The summed E-state index contributed by atoms with van der Waals surface area (Å²) in [4.78, 5) is 12.0. The normalized spacial score (nSPS) is 22.6. The van der Waals surface area contributed by atoms with Crippen LogP contribution in [0.3, 0.4) is 0 Å². The van der Waals surface area contributed by atoms with Crippen LogP contribution in [-0.2, 0) is 11.2 Å². The van der Waals surface area contributed by atoms with E-state index in [-0.39, 0.29) is 24.0 Å². The van der Waals surface area contributed by atoms with Gasteiger partial charge in [-0.15, -0.1) is 24.0 Å². The van der Waals surface area contributed by atoms with Gasteiger partial charge in [0.1, 0.15) is 5.65 Å². The van der Waals surface area contributed by atoms with Crippen LogP contribution in [0, 0.1) is 12.3 Å². The molecule has 148 valence electrons. The first kappa shape index (κ1) is 20.4. The highest BCUT2D eigenvalue weighted by Crippen LogP contribution is 2.38. The molecule has 1 unspecified atom stereocenters. The van der Waals surface area contributed by atoms with Crippen LogP contribution in [0.4, 0.5) is 0 Å². The fraction of sp³-hybridized carbons (Fsp3) is 0.600. The van der Waals surface area contributed by atoms with E-state index < -0.39 is 0 Å². The molecule has 7 heteroatoms. The van der Waals surface area contributed by atoms with Gasteiger partial charge >= 0.3 is 0 Å². The topological polar surface area (TPSA) is 54.2 Å². The molecule has 1 atom stereocenters. The number of aliphatic imine (C=N–C) groups is 1. The van der Waals surface area contributed by atoms with Gasteiger partial charge in [0.15, 0.2) is 5.96 Å². The maximum atomic E-state index is 5.65. The van der Waals surface area contributed by atoms with Crippen molar-refractivity contribution in [1.29, 1.82) is 0 Å². The number of fused-ring (bicyclic) bond motifs is 1. The number of hydrogen-bond donors (Lipinski definition) is 1. The molecule has 1 spiro atoms. The highest BCUT2D eigenvalue weighted by molar-refractivity contribution is 14.0. The van der Waals surface area contributed by atoms with Gasteiger partial charge in [-0.1, -0.05) is 6.07 Å². The SMILES string of the molecule is CCNC(=NCCc1cn2cccc(C)c2n1)N1CCC2(CCOC2)C1.I. The molecule has 2 saturated heterocycles. The summed E-state index contributed by atoms with van der Waals surface area (Å²) in [6, 6.07) is 4.16. The molecule has 0 radical (unpaired) electrons. The van der Waals surface area contributed by atoms with E-state index >= 15 is 0 Å². The second-order valence-electron chi connectivity index (χ2n) is 7.61. The zero-order valence-electron chi connectivity index (χ0n) is 16.3. The monoisotopic (exact) mass is 483 g/mol. The molecule has 2 fully saturated rings. The predicted molar refractivity (Wildman–Crippen MR) is 119 cm³/mol. The summed E-state index contributed by atoms with van der Waals surface area (Å²) in [6.45, 7) is 9.83. The molecule has 27 heavy (non-hydrogen) atoms. The standard InChI is InChI=1S/C20H29N5O.HI/c1-3-21-19(25-11-7-20(14-25)8-12-26-15-20)22-9-6-17-13-24-10-4-5-16(2)18(24)23-17;/h4-5,10,13H,3,6-9,11-12,14-15H2,1-2H3,(H,21,22);1H. The number of guanidine groups is 1. The zero-order valence-corrected chi connectivity index (χ0v) is 18.6. The number of hydrogen-bond acceptors (Lipinski definition) is 3. The van der Waals surface area contributed by atoms with Crippen molar-refractivity contribution in [2.24, 2.45) is 10.4 Å². The van der Waals surface area contributed by atoms with Crippen molar-refractivity contribution >= 4 is 35.6 Å². The summed E-state index contributed by atoms with van der Waals surface area (Å²) in [6.07, 6.45) is 7.43. The largest absolute Gasteiger partial charge is 0.381 e. The first-order valence-electron chi connectivity index (χ1n) is 9.73. The van der Waals surface area contributed by atoms with Crippen LogP contribution < -0.4 is 5.32 Å². The average Bonchev–Trinajstić information content (AvgIpc) is 3.36. The molecule has 0 amide bonds. The Balaban J connectivity index is 0.00000210. The van der Waals surface area contributed by atoms with Gasteiger partial charge in [0.05, 0.1) is 12.3 Å². The van der Waals surface area contributed by atoms with Crippen LogP contribution in [0.2, 0.25) is 0 Å². The maximum Gasteiger partial charge on any atom is 0.193 e. The Morgan fingerprint density at radius 2 is 2.30 bits per heavy atom. The quantitative estimate of drug-likeness (QED) is 0.413. The molecule has 4 heterocycles. The van der Waals surface area contributed by atoms with E-state index in [1.807, 2.05) is 0 Å². The lowest BCUT2D eigenvalue weighted by molar-refractivity contribution is 0.156. The third kappa shape index (κ3) is 4.39. The van der Waals surface area contributed by atoms with E-state index in [4.69, 9.17) is 14.7 Å². The highest BCUT2D eigenvalue weighted by Gasteiger charge is 2.42. The van der Waals surface area contributed by atoms with Crippen LogP contribution in [0.15, 0.2) is 29.5 Å². The first-order valence-corrected chi connectivity index (χ1v) is 9.73. The Bertz CT molecular complexity index is 797. The first-order chi connectivity index (χ1) is 12.7. The minimum atomic E-state index is 0. The van der Waals surface area contributed by atoms with Crippen molar-refractivity contribution in [3.8, 4) is 0 Å². The summed E-state index contributed by atoms with van der Waals surface area (Å²) in [7, 11) is 0. The molecule has 6 nitrogen and oxygen atoms in total. The van der Waals surface area contributed by atoms with Gasteiger partial charge in [0.2, 0.25) is 0 Å². The van der Waals surface area contributed by atoms with Crippen molar-refractivity contribution in [2.75, 3.05) is 39.4 Å². The Morgan fingerprint density at radius 1 is 1.41 bits per heavy atom. The number of nitrogens with one attached hydrogen (secondary N) is 1. The smallest absolute Gasteiger partial charge is 0.193 e. The molecule has 0 saturated carbocycles. The van der Waals surface area contributed by atoms with Gasteiger partial charge in [-0.25, -0.2) is 4.98 Å². The number of nitrogens with zero attached hydrogens (tertiary/aromatic N) is 4. The second-order valence-corrected chi connectivity index (χ2v) is 7.61. The Hall–Kier alpha value is -1.35. The summed E-state index contributed by atoms with van der Waals surface area (Å²) in [5.41, 5.74) is 3.70. The van der Waals surface area contributed by atoms with Crippen molar-refractivity contribution < 1.29 is 4.74 Å². The predicted octanol–water partition coefficient (Wildman–Crippen LogP) is 2.88. The summed E-state index contributed by atoms with van der Waals surface area (Å²) < 4.78 is 7.75. The van der Waals surface area contributed by atoms with Gasteiger partial charge in [-0.3, -0.25) is 4.99 Å². The lowest BCUT2D eigenvalue weighted by atomic mass is 9.87. The van der Waals surface area contributed by atoms with Crippen molar-refractivity contribution in [3.63, 3.8) is 0 Å². The summed E-state index contributed by atoms with van der Waals surface area (Å²) in [5.74, 6) is 1.04. The van der Waals surface area contributed by atoms with E-state index in [0.29, 0.717) is 5.41 Å². The number of halogens is 1. The number of imidazole rings is 1. The van der Waals surface area contributed by atoms with Crippen LogP contribution in [0.1, 0.15) is 31.0 Å². The number of pyridine rings is 1. The molecule has 1 N–H and O–H groups in total. The number of ether oxygens (including phenoxy) is 1. The van der Waals surface area contributed by atoms with E-state index in [1.165, 1.54) is 18.4 Å². The summed E-state index contributed by atoms with van der Waals surface area (Å²) >= 11 is 0. The number of aromatic nitrogens is 2. The number of rotatable bonds is 4. The minimum Gasteiger partial charge on any atom is -0.381 e. The Morgan fingerprint density at radius 3 is 3.04 bits per heavy atom. The van der Waals surface area contributed by atoms with Gasteiger partial charge in [-0.2, -0.15) is 0 Å². The molecule has 2 aliphatic heterocycles. The third-order valence-corrected chi connectivity index (χ3v) is 5.62. The third-order valence-electron chi connectivity index (χ3n) is 5.62. The van der Waals surface area contributed by atoms with E-state index in [9.17, 15) is 0 Å². The lowest BCUT2D eigenvalue weighted by Crippen LogP contribution is -2.41. The van der Waals surface area contributed by atoms with Crippen molar-refractivity contribution in [2.45, 2.75) is 33.1 Å². The van der Waals surface area contributed by atoms with Crippen molar-refractivity contribution in [3.05, 3.63) is 35.8 Å². The minimum absolute atomic E-state index is 0. The number of aryl methyl sites for hydroxylation is 1. The second kappa shape index (κ2) is 8.77. The molecule has 4 rings (SSSR count). The highest BCUT2D eigenvalue weighted by atomic mass is 127. The van der Waals surface area contributed by atoms with Gasteiger partial charge in [0, 0.05) is 57.0 Å². The Kier molecular flexibility index (Phi) is 6.62. The molecule has 2 aromatic rings. The van der Waals surface area contributed by atoms with Crippen LogP contribution >= 0.6 is 24.0 Å². The van der Waals surface area contributed by atoms with Crippen LogP contribution in [0.25, 0.3) is 5.65 Å². The van der Waals surface area contributed by atoms with Crippen LogP contribution in [0.5, 0.6) is 0 Å². The maximum absolute atomic E-state index is 5.65. The zero-order chi connectivity index (χ0) is 18.0. The van der Waals surface area contributed by atoms with Crippen molar-refractivity contribution in [1.82, 2.24) is 19.6 Å². The fourth-order valence-corrected chi connectivity index (χ4v) is 4.11. The Labute approximate surface area is 178 Å². The lowest BCUT2D eigenvalue weighted by Gasteiger charge is -2.24. The van der Waals surface area contributed by atoms with E-state index in [0.717, 1.165) is 63.1 Å². The average molecular weight is 483 g/mol. The van der Waals surface area contributed by atoms with E-state index in [1.54, 1.807) is 0 Å². The van der Waals surface area contributed by atoms with Gasteiger partial charge in [0.25, 0.3) is 0 Å². The van der Waals surface area contributed by atoms with Crippen LogP contribution in [-0.4, -0.2) is 59.6 Å². The van der Waals surface area contributed by atoms with E-state index in [2.05, 4.69) is 53.0 Å².